The van der Waals surface area contributed by atoms with Crippen LogP contribution < -0.4 is 10.2 Å². The van der Waals surface area contributed by atoms with Gasteiger partial charge in [0.1, 0.15) is 6.61 Å². The van der Waals surface area contributed by atoms with Gasteiger partial charge in [0.25, 0.3) is 0 Å². The molecule has 0 unspecified atom stereocenters. The molecule has 1 fully saturated rings. The van der Waals surface area contributed by atoms with Crippen molar-refractivity contribution < 1.29 is 14.3 Å². The summed E-state index contributed by atoms with van der Waals surface area (Å²) < 4.78 is 11.9. The van der Waals surface area contributed by atoms with E-state index in [0.29, 0.717) is 13.2 Å². The highest BCUT2D eigenvalue weighted by Gasteiger charge is 2.23. The summed E-state index contributed by atoms with van der Waals surface area (Å²) >= 11 is 1.54. The summed E-state index contributed by atoms with van der Waals surface area (Å²) in [5.41, 5.74) is 3.62. The quantitative estimate of drug-likeness (QED) is 0.581. The third-order valence-corrected chi connectivity index (χ3v) is 5.12. The SMILES string of the molecule is COCCCn1cc(Nc2nc(-c3ccc(N4CCOC4=O)cc3)cs2)cn1. The summed E-state index contributed by atoms with van der Waals surface area (Å²) in [5.74, 6) is 0. The van der Waals surface area contributed by atoms with Crippen LogP contribution in [0.3, 0.4) is 0 Å². The maximum absolute atomic E-state index is 11.7. The van der Waals surface area contributed by atoms with Gasteiger partial charge in [-0.05, 0) is 18.6 Å². The van der Waals surface area contributed by atoms with Crippen molar-refractivity contribution in [1.82, 2.24) is 14.8 Å². The van der Waals surface area contributed by atoms with Gasteiger partial charge in [0.15, 0.2) is 5.13 Å². The number of hydrogen-bond acceptors (Lipinski definition) is 7. The number of benzene rings is 1. The molecule has 0 saturated carbocycles. The van der Waals surface area contributed by atoms with Crippen LogP contribution in [-0.4, -0.2) is 47.7 Å². The second-order valence-electron chi connectivity index (χ2n) is 6.31. The Morgan fingerprint density at radius 3 is 2.93 bits per heavy atom. The molecule has 9 heteroatoms. The van der Waals surface area contributed by atoms with E-state index in [2.05, 4.69) is 15.4 Å². The number of aromatic nitrogens is 3. The average molecular weight is 399 g/mol. The number of rotatable bonds is 8. The zero-order valence-electron chi connectivity index (χ0n) is 15.5. The molecule has 1 N–H and O–H groups in total. The number of carbonyl (C=O) groups excluding carboxylic acids is 1. The molecule has 1 saturated heterocycles. The molecule has 1 aliphatic heterocycles. The first-order valence-corrected chi connectivity index (χ1v) is 9.89. The number of ether oxygens (including phenoxy) is 2. The van der Waals surface area contributed by atoms with Crippen LogP contribution in [0.4, 0.5) is 21.3 Å². The Balaban J connectivity index is 1.39. The lowest BCUT2D eigenvalue weighted by Gasteiger charge is -2.12. The van der Waals surface area contributed by atoms with E-state index in [0.717, 1.165) is 47.3 Å². The van der Waals surface area contributed by atoms with Crippen molar-refractivity contribution in [2.75, 3.05) is 37.1 Å². The van der Waals surface area contributed by atoms with Crippen molar-refractivity contribution in [2.24, 2.45) is 0 Å². The molecule has 0 spiro atoms. The summed E-state index contributed by atoms with van der Waals surface area (Å²) in [7, 11) is 1.70. The Bertz CT molecular complexity index is 937. The molecule has 0 bridgehead atoms. The Labute approximate surface area is 166 Å². The van der Waals surface area contributed by atoms with E-state index in [1.807, 2.05) is 40.5 Å². The molecule has 2 aromatic heterocycles. The second kappa shape index (κ2) is 8.41. The van der Waals surface area contributed by atoms with Crippen molar-refractivity contribution in [2.45, 2.75) is 13.0 Å². The molecule has 0 atom stereocenters. The lowest BCUT2D eigenvalue weighted by molar-refractivity contribution is 0.181. The number of anilines is 3. The van der Waals surface area contributed by atoms with E-state index < -0.39 is 0 Å². The molecule has 0 radical (unpaired) electrons. The number of amides is 1. The van der Waals surface area contributed by atoms with E-state index in [4.69, 9.17) is 9.47 Å². The van der Waals surface area contributed by atoms with Gasteiger partial charge in [-0.15, -0.1) is 11.3 Å². The molecule has 0 aliphatic carbocycles. The average Bonchev–Trinajstić information content (AvgIpc) is 3.44. The number of cyclic esters (lactones) is 1. The minimum Gasteiger partial charge on any atom is -0.447 e. The fourth-order valence-electron chi connectivity index (χ4n) is 2.95. The van der Waals surface area contributed by atoms with E-state index in [1.165, 1.54) is 11.3 Å². The predicted octanol–water partition coefficient (Wildman–Crippen LogP) is 3.74. The number of aryl methyl sites for hydroxylation is 1. The van der Waals surface area contributed by atoms with Gasteiger partial charge in [-0.3, -0.25) is 9.58 Å². The third-order valence-electron chi connectivity index (χ3n) is 4.36. The summed E-state index contributed by atoms with van der Waals surface area (Å²) in [6, 6.07) is 7.76. The second-order valence-corrected chi connectivity index (χ2v) is 7.17. The molecule has 3 heterocycles. The standard InChI is InChI=1S/C19H21N5O3S/c1-26-9-2-7-23-12-15(11-20-23)21-18-22-17(13-28-18)14-3-5-16(6-4-14)24-8-10-27-19(24)25/h3-6,11-13H,2,7-10H2,1H3,(H,21,22). The van der Waals surface area contributed by atoms with Gasteiger partial charge in [-0.2, -0.15) is 5.10 Å². The highest BCUT2D eigenvalue weighted by atomic mass is 32.1. The first-order chi connectivity index (χ1) is 13.7. The largest absolute Gasteiger partial charge is 0.447 e. The van der Waals surface area contributed by atoms with E-state index >= 15 is 0 Å². The Hall–Kier alpha value is -2.91. The maximum atomic E-state index is 11.7. The Morgan fingerprint density at radius 2 is 2.18 bits per heavy atom. The molecule has 1 amide bonds. The van der Waals surface area contributed by atoms with Gasteiger partial charge < -0.3 is 14.8 Å². The minimum atomic E-state index is -0.296. The van der Waals surface area contributed by atoms with E-state index in [-0.39, 0.29) is 6.09 Å². The fourth-order valence-corrected chi connectivity index (χ4v) is 3.69. The van der Waals surface area contributed by atoms with Crippen molar-refractivity contribution in [1.29, 1.82) is 0 Å². The topological polar surface area (TPSA) is 81.5 Å². The van der Waals surface area contributed by atoms with E-state index in [9.17, 15) is 4.79 Å². The molecule has 4 rings (SSSR count). The molecular weight excluding hydrogens is 378 g/mol. The van der Waals surface area contributed by atoms with Crippen molar-refractivity contribution in [3.63, 3.8) is 0 Å². The molecule has 28 heavy (non-hydrogen) atoms. The number of methoxy groups -OCH3 is 1. The van der Waals surface area contributed by atoms with Gasteiger partial charge in [0.2, 0.25) is 0 Å². The number of nitrogens with zero attached hydrogens (tertiary/aromatic N) is 4. The van der Waals surface area contributed by atoms with Crippen molar-refractivity contribution in [3.05, 3.63) is 42.0 Å². The normalized spacial score (nSPS) is 13.8. The van der Waals surface area contributed by atoms with Crippen LogP contribution in [0, 0.1) is 0 Å². The van der Waals surface area contributed by atoms with Crippen LogP contribution in [0.1, 0.15) is 6.42 Å². The van der Waals surface area contributed by atoms with Crippen LogP contribution in [0.2, 0.25) is 0 Å². The summed E-state index contributed by atoms with van der Waals surface area (Å²) in [4.78, 5) is 17.9. The predicted molar refractivity (Wildman–Crippen MR) is 108 cm³/mol. The molecular formula is C19H21N5O3S. The zero-order chi connectivity index (χ0) is 19.3. The minimum absolute atomic E-state index is 0.296. The summed E-state index contributed by atoms with van der Waals surface area (Å²) in [6.07, 6.45) is 4.37. The lowest BCUT2D eigenvalue weighted by Crippen LogP contribution is -2.23. The smallest absolute Gasteiger partial charge is 0.414 e. The van der Waals surface area contributed by atoms with Crippen LogP contribution in [-0.2, 0) is 16.0 Å². The lowest BCUT2D eigenvalue weighted by atomic mass is 10.1. The van der Waals surface area contributed by atoms with Gasteiger partial charge in [-0.1, -0.05) is 12.1 Å². The van der Waals surface area contributed by atoms with Crippen molar-refractivity contribution >= 4 is 33.9 Å². The van der Waals surface area contributed by atoms with Crippen molar-refractivity contribution in [3.8, 4) is 11.3 Å². The van der Waals surface area contributed by atoms with E-state index in [1.54, 1.807) is 18.2 Å². The third kappa shape index (κ3) is 4.15. The van der Waals surface area contributed by atoms with Gasteiger partial charge in [0.05, 0.1) is 24.1 Å². The fraction of sp³-hybridized carbons (Fsp3) is 0.316. The first kappa shape index (κ1) is 18.5. The van der Waals surface area contributed by atoms with Gasteiger partial charge in [-0.25, -0.2) is 9.78 Å². The monoisotopic (exact) mass is 399 g/mol. The molecule has 3 aromatic rings. The maximum Gasteiger partial charge on any atom is 0.414 e. The Morgan fingerprint density at radius 1 is 1.32 bits per heavy atom. The first-order valence-electron chi connectivity index (χ1n) is 9.01. The van der Waals surface area contributed by atoms with Crippen LogP contribution in [0.5, 0.6) is 0 Å². The van der Waals surface area contributed by atoms with Gasteiger partial charge in [0, 0.05) is 43.1 Å². The van der Waals surface area contributed by atoms with Gasteiger partial charge >= 0.3 is 6.09 Å². The number of carbonyl (C=O) groups is 1. The molecule has 1 aromatic carbocycles. The van der Waals surface area contributed by atoms with Crippen LogP contribution in [0.25, 0.3) is 11.3 Å². The summed E-state index contributed by atoms with van der Waals surface area (Å²) in [6.45, 7) is 2.55. The van der Waals surface area contributed by atoms with Crippen LogP contribution in [0.15, 0.2) is 42.0 Å². The number of hydrogen-bond donors (Lipinski definition) is 1. The van der Waals surface area contributed by atoms with Crippen LogP contribution >= 0.6 is 11.3 Å². The molecule has 1 aliphatic rings. The molecule has 146 valence electrons. The number of nitrogens with one attached hydrogen (secondary N) is 1. The summed E-state index contributed by atoms with van der Waals surface area (Å²) in [5, 5.41) is 10.4. The Kier molecular flexibility index (Phi) is 5.54. The number of thiazole rings is 1. The molecule has 8 nitrogen and oxygen atoms in total. The highest BCUT2D eigenvalue weighted by molar-refractivity contribution is 7.14. The highest BCUT2D eigenvalue weighted by Crippen LogP contribution is 2.29. The zero-order valence-corrected chi connectivity index (χ0v) is 16.3.